The van der Waals surface area contributed by atoms with Gasteiger partial charge >= 0.3 is 0 Å². The number of halogens is 1. The van der Waals surface area contributed by atoms with E-state index in [1.165, 1.54) is 18.1 Å². The summed E-state index contributed by atoms with van der Waals surface area (Å²) < 4.78 is 0. The lowest BCUT2D eigenvalue weighted by molar-refractivity contribution is 0.972. The standard InChI is InChI=1S/C5H5ClN4S/c6-4(1-7)2-11-5-8-3-9-10-5/h3-4H,2H2,(H,8,9,10). The number of alkyl halides is 1. The topological polar surface area (TPSA) is 65.4 Å². The van der Waals surface area contributed by atoms with Crippen molar-refractivity contribution >= 4 is 23.4 Å². The van der Waals surface area contributed by atoms with Crippen molar-refractivity contribution in [1.29, 1.82) is 5.26 Å². The van der Waals surface area contributed by atoms with E-state index in [1.807, 2.05) is 6.07 Å². The lowest BCUT2D eigenvalue weighted by atomic mass is 10.5. The molecule has 0 bridgehead atoms. The Labute approximate surface area is 73.0 Å². The molecule has 4 nitrogen and oxygen atoms in total. The van der Waals surface area contributed by atoms with E-state index in [1.54, 1.807) is 0 Å². The highest BCUT2D eigenvalue weighted by molar-refractivity contribution is 7.99. The molecule has 0 amide bonds. The summed E-state index contributed by atoms with van der Waals surface area (Å²) in [7, 11) is 0. The molecule has 0 radical (unpaired) electrons. The van der Waals surface area contributed by atoms with Gasteiger partial charge in [0.2, 0.25) is 0 Å². The van der Waals surface area contributed by atoms with Gasteiger partial charge in [-0.15, -0.1) is 11.6 Å². The van der Waals surface area contributed by atoms with Crippen LogP contribution < -0.4 is 0 Å². The molecule has 1 aromatic heterocycles. The molecule has 1 rings (SSSR count). The molecule has 11 heavy (non-hydrogen) atoms. The van der Waals surface area contributed by atoms with Gasteiger partial charge in [0.25, 0.3) is 0 Å². The molecule has 58 valence electrons. The van der Waals surface area contributed by atoms with Gasteiger partial charge in [-0.3, -0.25) is 5.10 Å². The van der Waals surface area contributed by atoms with Gasteiger partial charge in [0.1, 0.15) is 11.7 Å². The van der Waals surface area contributed by atoms with Gasteiger partial charge in [-0.05, 0) is 0 Å². The third-order valence-corrected chi connectivity index (χ3v) is 2.30. The van der Waals surface area contributed by atoms with Crippen LogP contribution in [0, 0.1) is 11.3 Å². The zero-order valence-corrected chi connectivity index (χ0v) is 7.06. The highest BCUT2D eigenvalue weighted by atomic mass is 35.5. The highest BCUT2D eigenvalue weighted by Crippen LogP contribution is 2.13. The normalized spacial score (nSPS) is 12.4. The summed E-state index contributed by atoms with van der Waals surface area (Å²) in [6.45, 7) is 0. The number of rotatable bonds is 3. The van der Waals surface area contributed by atoms with E-state index >= 15 is 0 Å². The first-order valence-corrected chi connectivity index (χ1v) is 4.27. The van der Waals surface area contributed by atoms with E-state index in [-0.39, 0.29) is 0 Å². The predicted octanol–water partition coefficient (Wildman–Crippen LogP) is 1.03. The van der Waals surface area contributed by atoms with Crippen molar-refractivity contribution < 1.29 is 0 Å². The third-order valence-electron chi connectivity index (χ3n) is 0.899. The molecule has 1 N–H and O–H groups in total. The molecule has 0 aromatic carbocycles. The molecule has 1 heterocycles. The molecule has 1 aromatic rings. The van der Waals surface area contributed by atoms with E-state index in [0.29, 0.717) is 10.9 Å². The molecule has 0 aliphatic heterocycles. The average molecular weight is 189 g/mol. The molecule has 0 spiro atoms. The molecule has 0 saturated heterocycles. The molecule has 0 aliphatic carbocycles. The molecular formula is C5H5ClN4S. The van der Waals surface area contributed by atoms with Crippen molar-refractivity contribution in [3.63, 3.8) is 0 Å². The van der Waals surface area contributed by atoms with Crippen LogP contribution in [-0.4, -0.2) is 26.3 Å². The Morgan fingerprint density at radius 1 is 1.91 bits per heavy atom. The number of H-pyrrole nitrogens is 1. The number of aromatic amines is 1. The van der Waals surface area contributed by atoms with Crippen LogP contribution in [0.2, 0.25) is 0 Å². The van der Waals surface area contributed by atoms with Gasteiger partial charge in [0, 0.05) is 5.75 Å². The summed E-state index contributed by atoms with van der Waals surface area (Å²) in [5.74, 6) is 0.521. The largest absolute Gasteiger partial charge is 0.254 e. The SMILES string of the molecule is N#CC(Cl)CSc1ncn[nH]1. The third kappa shape index (κ3) is 2.78. The second-order valence-electron chi connectivity index (χ2n) is 1.70. The average Bonchev–Trinajstić information content (AvgIpc) is 2.52. The number of thioether (sulfide) groups is 1. The van der Waals surface area contributed by atoms with Crippen LogP contribution in [0.25, 0.3) is 0 Å². The number of nitrogens with zero attached hydrogens (tertiary/aromatic N) is 3. The lowest BCUT2D eigenvalue weighted by Gasteiger charge is -1.94. The summed E-state index contributed by atoms with van der Waals surface area (Å²) in [6, 6.07) is 1.91. The summed E-state index contributed by atoms with van der Waals surface area (Å²) >= 11 is 6.91. The lowest BCUT2D eigenvalue weighted by Crippen LogP contribution is -1.97. The maximum Gasteiger partial charge on any atom is 0.183 e. The van der Waals surface area contributed by atoms with Gasteiger partial charge in [0.05, 0.1) is 6.07 Å². The zero-order chi connectivity index (χ0) is 8.10. The fourth-order valence-corrected chi connectivity index (χ4v) is 1.26. The number of nitrogens with one attached hydrogen (secondary N) is 1. The quantitative estimate of drug-likeness (QED) is 0.569. The summed E-state index contributed by atoms with van der Waals surface area (Å²) in [6.07, 6.45) is 1.41. The van der Waals surface area contributed by atoms with Crippen LogP contribution in [0.1, 0.15) is 0 Å². The van der Waals surface area contributed by atoms with E-state index < -0.39 is 5.38 Å². The highest BCUT2D eigenvalue weighted by Gasteiger charge is 2.03. The van der Waals surface area contributed by atoms with E-state index in [2.05, 4.69) is 15.2 Å². The second-order valence-corrected chi connectivity index (χ2v) is 3.23. The minimum absolute atomic E-state index is 0.468. The molecule has 6 heteroatoms. The van der Waals surface area contributed by atoms with Crippen molar-refractivity contribution in [2.75, 3.05) is 5.75 Å². The minimum atomic E-state index is -0.468. The van der Waals surface area contributed by atoms with Gasteiger partial charge in [-0.25, -0.2) is 4.98 Å². The van der Waals surface area contributed by atoms with Gasteiger partial charge in [0.15, 0.2) is 5.16 Å². The van der Waals surface area contributed by atoms with E-state index in [4.69, 9.17) is 16.9 Å². The minimum Gasteiger partial charge on any atom is -0.254 e. The summed E-state index contributed by atoms with van der Waals surface area (Å²) in [5, 5.41) is 14.8. The first kappa shape index (κ1) is 8.37. The van der Waals surface area contributed by atoms with Crippen molar-refractivity contribution in [2.24, 2.45) is 0 Å². The maximum absolute atomic E-state index is 8.32. The second kappa shape index (κ2) is 4.21. The molecule has 1 unspecified atom stereocenters. The smallest absolute Gasteiger partial charge is 0.183 e. The Bertz CT molecular complexity index is 241. The van der Waals surface area contributed by atoms with Crippen LogP contribution in [0.4, 0.5) is 0 Å². The molecule has 0 saturated carbocycles. The molecule has 1 atom stereocenters. The number of hydrogen-bond donors (Lipinski definition) is 1. The Balaban J connectivity index is 2.30. The Morgan fingerprint density at radius 3 is 3.27 bits per heavy atom. The molecule has 0 fully saturated rings. The Hall–Kier alpha value is -0.730. The van der Waals surface area contributed by atoms with Gasteiger partial charge in [-0.2, -0.15) is 10.4 Å². The van der Waals surface area contributed by atoms with Crippen LogP contribution in [0.5, 0.6) is 0 Å². The van der Waals surface area contributed by atoms with Crippen LogP contribution in [0.3, 0.4) is 0 Å². The predicted molar refractivity (Wildman–Crippen MR) is 42.4 cm³/mol. The number of aromatic nitrogens is 3. The van der Waals surface area contributed by atoms with Gasteiger partial charge in [-0.1, -0.05) is 11.8 Å². The van der Waals surface area contributed by atoms with Crippen molar-refractivity contribution in [3.05, 3.63) is 6.33 Å². The summed E-state index contributed by atoms with van der Waals surface area (Å²) in [4.78, 5) is 3.85. The zero-order valence-electron chi connectivity index (χ0n) is 5.49. The number of nitriles is 1. The Kier molecular flexibility index (Phi) is 3.20. The van der Waals surface area contributed by atoms with Crippen LogP contribution in [-0.2, 0) is 0 Å². The van der Waals surface area contributed by atoms with Crippen LogP contribution in [0.15, 0.2) is 11.5 Å². The van der Waals surface area contributed by atoms with Crippen molar-refractivity contribution in [1.82, 2.24) is 15.2 Å². The number of hydrogen-bond acceptors (Lipinski definition) is 4. The molecular weight excluding hydrogens is 184 g/mol. The monoisotopic (exact) mass is 188 g/mol. The van der Waals surface area contributed by atoms with E-state index in [9.17, 15) is 0 Å². The fraction of sp³-hybridized carbons (Fsp3) is 0.400. The fourth-order valence-electron chi connectivity index (χ4n) is 0.453. The Morgan fingerprint density at radius 2 is 2.73 bits per heavy atom. The first-order valence-electron chi connectivity index (χ1n) is 2.85. The van der Waals surface area contributed by atoms with Crippen molar-refractivity contribution in [3.8, 4) is 6.07 Å². The first-order chi connectivity index (χ1) is 5.33. The molecule has 0 aliphatic rings. The summed E-state index contributed by atoms with van der Waals surface area (Å²) in [5.41, 5.74) is 0. The van der Waals surface area contributed by atoms with E-state index in [0.717, 1.165) is 0 Å². The van der Waals surface area contributed by atoms with Crippen LogP contribution >= 0.6 is 23.4 Å². The van der Waals surface area contributed by atoms with Crippen molar-refractivity contribution in [2.45, 2.75) is 10.5 Å². The maximum atomic E-state index is 8.32. The van der Waals surface area contributed by atoms with Gasteiger partial charge < -0.3 is 0 Å².